The van der Waals surface area contributed by atoms with Crippen LogP contribution in [0, 0.1) is 0 Å². The van der Waals surface area contributed by atoms with E-state index in [0.717, 1.165) is 13.1 Å². The van der Waals surface area contributed by atoms with Gasteiger partial charge in [0, 0.05) is 19.6 Å². The van der Waals surface area contributed by atoms with Crippen molar-refractivity contribution in [3.8, 4) is 0 Å². The van der Waals surface area contributed by atoms with E-state index in [1.54, 1.807) is 0 Å². The second kappa shape index (κ2) is 7.85. The zero-order valence-electron chi connectivity index (χ0n) is 12.6. The van der Waals surface area contributed by atoms with Gasteiger partial charge in [0.15, 0.2) is 11.9 Å². The number of aliphatic hydroxyl groups is 1. The number of amides is 2. The van der Waals surface area contributed by atoms with Gasteiger partial charge in [0.05, 0.1) is 18.7 Å². The molecule has 1 aliphatic rings. The van der Waals surface area contributed by atoms with E-state index in [4.69, 9.17) is 9.63 Å². The zero-order chi connectivity index (χ0) is 16.8. The fraction of sp³-hybridized carbons (Fsp3) is 0.667. The Morgan fingerprint density at radius 1 is 1.48 bits per heavy atom. The molecule has 0 aliphatic carbocycles. The number of hydrogen-bond donors (Lipinski definition) is 6. The molecule has 2 rings (SSSR count). The third kappa shape index (κ3) is 4.87. The van der Waals surface area contributed by atoms with Crippen molar-refractivity contribution in [2.24, 2.45) is 0 Å². The molecule has 128 valence electrons. The minimum absolute atomic E-state index is 0.0505. The number of rotatable bonds is 6. The Morgan fingerprint density at radius 3 is 2.87 bits per heavy atom. The van der Waals surface area contributed by atoms with Gasteiger partial charge in [-0.15, -0.1) is 0 Å². The van der Waals surface area contributed by atoms with Crippen LogP contribution in [-0.4, -0.2) is 64.1 Å². The molecular formula is C12H20N6O5. The summed E-state index contributed by atoms with van der Waals surface area (Å²) in [6.45, 7) is 3.57. The van der Waals surface area contributed by atoms with Crippen molar-refractivity contribution in [3.05, 3.63) is 11.7 Å². The van der Waals surface area contributed by atoms with Crippen LogP contribution >= 0.6 is 0 Å². The van der Waals surface area contributed by atoms with E-state index >= 15 is 0 Å². The molecule has 3 atom stereocenters. The van der Waals surface area contributed by atoms with Gasteiger partial charge in [-0.3, -0.25) is 0 Å². The Kier molecular flexibility index (Phi) is 5.84. The molecule has 1 aromatic rings. The lowest BCUT2D eigenvalue weighted by Gasteiger charge is -2.21. The van der Waals surface area contributed by atoms with Crippen LogP contribution < -0.4 is 21.3 Å². The largest absolute Gasteiger partial charge is 0.480 e. The van der Waals surface area contributed by atoms with E-state index in [2.05, 4.69) is 31.4 Å². The van der Waals surface area contributed by atoms with Crippen LogP contribution in [-0.2, 0) is 11.3 Å². The average Bonchev–Trinajstić information content (AvgIpc) is 3.00. The number of carbonyl (C=O) groups excluding carboxylic acids is 1. The highest BCUT2D eigenvalue weighted by atomic mass is 16.5. The number of carbonyl (C=O) groups is 2. The molecule has 0 bridgehead atoms. The fourth-order valence-electron chi connectivity index (χ4n) is 2.05. The fourth-order valence-corrected chi connectivity index (χ4v) is 2.05. The molecule has 3 unspecified atom stereocenters. The summed E-state index contributed by atoms with van der Waals surface area (Å²) in [4.78, 5) is 26.7. The van der Waals surface area contributed by atoms with Gasteiger partial charge in [0.25, 0.3) is 0 Å². The highest BCUT2D eigenvalue weighted by Crippen LogP contribution is 2.09. The summed E-state index contributed by atoms with van der Waals surface area (Å²) in [5.41, 5.74) is 0. The first-order valence-corrected chi connectivity index (χ1v) is 7.19. The Morgan fingerprint density at radius 2 is 2.26 bits per heavy atom. The van der Waals surface area contributed by atoms with Crippen molar-refractivity contribution in [1.29, 1.82) is 0 Å². The minimum atomic E-state index is -1.40. The third-order valence-electron chi connectivity index (χ3n) is 3.27. The summed E-state index contributed by atoms with van der Waals surface area (Å²) < 4.78 is 5.03. The predicted octanol–water partition coefficient (Wildman–Crippen LogP) is -2.06. The van der Waals surface area contributed by atoms with Crippen molar-refractivity contribution in [3.63, 3.8) is 0 Å². The lowest BCUT2D eigenvalue weighted by molar-refractivity contribution is -0.141. The van der Waals surface area contributed by atoms with Gasteiger partial charge in [-0.05, 0) is 6.92 Å². The van der Waals surface area contributed by atoms with Gasteiger partial charge >= 0.3 is 12.0 Å². The maximum Gasteiger partial charge on any atom is 0.328 e. The van der Waals surface area contributed by atoms with Crippen LogP contribution in [0.25, 0.3) is 0 Å². The molecule has 1 fully saturated rings. The molecule has 6 N–H and O–H groups in total. The third-order valence-corrected chi connectivity index (χ3v) is 3.27. The second-order valence-corrected chi connectivity index (χ2v) is 5.14. The number of urea groups is 1. The molecule has 11 nitrogen and oxygen atoms in total. The van der Waals surface area contributed by atoms with Crippen LogP contribution in [0.4, 0.5) is 4.79 Å². The van der Waals surface area contributed by atoms with Gasteiger partial charge in [0.1, 0.15) is 0 Å². The van der Waals surface area contributed by atoms with E-state index in [1.165, 1.54) is 6.92 Å². The lowest BCUT2D eigenvalue weighted by atomic mass is 10.2. The molecule has 1 aromatic heterocycles. The van der Waals surface area contributed by atoms with Crippen molar-refractivity contribution >= 4 is 12.0 Å². The van der Waals surface area contributed by atoms with Crippen LogP contribution in [0.15, 0.2) is 4.52 Å². The van der Waals surface area contributed by atoms with Crippen LogP contribution in [0.3, 0.4) is 0 Å². The Hall–Kier alpha value is -2.24. The highest BCUT2D eigenvalue weighted by Gasteiger charge is 2.25. The van der Waals surface area contributed by atoms with Gasteiger partial charge in [-0.2, -0.15) is 4.98 Å². The summed E-state index contributed by atoms with van der Waals surface area (Å²) in [5, 5.41) is 33.0. The number of aromatic nitrogens is 2. The minimum Gasteiger partial charge on any atom is -0.480 e. The summed E-state index contributed by atoms with van der Waals surface area (Å²) in [5.74, 6) is -0.639. The first kappa shape index (κ1) is 17.1. The quantitative estimate of drug-likeness (QED) is 0.345. The second-order valence-electron chi connectivity index (χ2n) is 5.14. The first-order valence-electron chi connectivity index (χ1n) is 7.19. The van der Waals surface area contributed by atoms with Crippen LogP contribution in [0.2, 0.25) is 0 Å². The van der Waals surface area contributed by atoms with E-state index < -0.39 is 24.1 Å². The van der Waals surface area contributed by atoms with Crippen LogP contribution in [0.1, 0.15) is 24.7 Å². The van der Waals surface area contributed by atoms with Gasteiger partial charge < -0.3 is 36.0 Å². The molecule has 2 amide bonds. The van der Waals surface area contributed by atoms with Crippen molar-refractivity contribution in [2.45, 2.75) is 31.7 Å². The summed E-state index contributed by atoms with van der Waals surface area (Å²) >= 11 is 0. The number of nitrogens with zero attached hydrogens (tertiary/aromatic N) is 2. The number of nitrogens with one attached hydrogen (secondary N) is 4. The molecule has 0 saturated carbocycles. The van der Waals surface area contributed by atoms with Gasteiger partial charge in [-0.1, -0.05) is 5.16 Å². The molecule has 0 radical (unpaired) electrons. The Bertz CT molecular complexity index is 542. The maximum atomic E-state index is 11.6. The average molecular weight is 328 g/mol. The molecule has 0 aromatic carbocycles. The number of hydrogen-bond acceptors (Lipinski definition) is 8. The van der Waals surface area contributed by atoms with E-state index in [9.17, 15) is 14.7 Å². The predicted molar refractivity (Wildman–Crippen MR) is 76.4 cm³/mol. The van der Waals surface area contributed by atoms with Gasteiger partial charge in [-0.25, -0.2) is 9.59 Å². The summed E-state index contributed by atoms with van der Waals surface area (Å²) in [7, 11) is 0. The summed E-state index contributed by atoms with van der Waals surface area (Å²) in [6, 6.07) is -2.21. The highest BCUT2D eigenvalue weighted by molar-refractivity contribution is 5.82. The van der Waals surface area contributed by atoms with Crippen molar-refractivity contribution in [1.82, 2.24) is 31.4 Å². The molecule has 1 aliphatic heterocycles. The normalized spacial score (nSPS) is 20.5. The van der Waals surface area contributed by atoms with Crippen LogP contribution in [0.5, 0.6) is 0 Å². The lowest BCUT2D eigenvalue weighted by Crippen LogP contribution is -2.51. The van der Waals surface area contributed by atoms with Crippen molar-refractivity contribution in [2.75, 3.05) is 19.6 Å². The molecule has 1 saturated heterocycles. The topological polar surface area (TPSA) is 162 Å². The number of carboxylic acids is 1. The SMILES string of the molecule is CC(O)C(NC(=O)NCc1nc(C2CNCCN2)no1)C(=O)O. The van der Waals surface area contributed by atoms with E-state index in [0.29, 0.717) is 12.4 Å². The van der Waals surface area contributed by atoms with E-state index in [-0.39, 0.29) is 18.5 Å². The van der Waals surface area contributed by atoms with Crippen molar-refractivity contribution < 1.29 is 24.3 Å². The Labute approximate surface area is 131 Å². The maximum absolute atomic E-state index is 11.6. The molecule has 23 heavy (non-hydrogen) atoms. The van der Waals surface area contributed by atoms with E-state index in [1.807, 2.05) is 0 Å². The molecule has 0 spiro atoms. The number of carboxylic acid groups (broad SMARTS) is 1. The smallest absolute Gasteiger partial charge is 0.328 e. The number of aliphatic hydroxyl groups excluding tert-OH is 1. The molecular weight excluding hydrogens is 308 g/mol. The molecule has 11 heteroatoms. The standard InChI is InChI=1S/C12H20N6O5/c1-6(19)9(11(20)21)17-12(22)15-5-8-16-10(18-23-8)7-4-13-2-3-14-7/h6-7,9,13-14,19H,2-5H2,1H3,(H,20,21)(H2,15,17,22). The summed E-state index contributed by atoms with van der Waals surface area (Å²) in [6.07, 6.45) is -1.22. The first-order chi connectivity index (χ1) is 11.0. The number of aliphatic carboxylic acids is 1. The van der Waals surface area contributed by atoms with Gasteiger partial charge in [0.2, 0.25) is 5.89 Å². The molecule has 2 heterocycles. The monoisotopic (exact) mass is 328 g/mol. The number of piperazine rings is 1. The zero-order valence-corrected chi connectivity index (χ0v) is 12.6. The Balaban J connectivity index is 1.82.